The highest BCUT2D eigenvalue weighted by molar-refractivity contribution is 6.03. The summed E-state index contributed by atoms with van der Waals surface area (Å²) >= 11 is 0. The number of carbonyl (C=O) groups excluding carboxylic acids is 6. The molecule has 4 aliphatic heterocycles. The van der Waals surface area contributed by atoms with Crippen molar-refractivity contribution >= 4 is 80.6 Å². The molecule has 8 aromatic carbocycles. The third-order valence-electron chi connectivity index (χ3n) is 22.3. The third-order valence-corrected chi connectivity index (χ3v) is 22.3. The van der Waals surface area contributed by atoms with Gasteiger partial charge < -0.3 is 74.8 Å². The summed E-state index contributed by atoms with van der Waals surface area (Å²) in [5.41, 5.74) is 11.5. The number of aromatic nitrogens is 5. The van der Waals surface area contributed by atoms with Crippen LogP contribution >= 0.6 is 0 Å². The fourth-order valence-electron chi connectivity index (χ4n) is 16.1. The predicted molar refractivity (Wildman–Crippen MR) is 454 cm³/mol. The molecule has 4 atom stereocenters. The first-order valence-electron chi connectivity index (χ1n) is 40.7. The Morgan fingerprint density at radius 2 is 0.538 bits per heavy atom. The van der Waals surface area contributed by atoms with E-state index in [1.54, 1.807) is 90.3 Å². The monoisotopic (exact) mass is 1590 g/mol. The van der Waals surface area contributed by atoms with Crippen molar-refractivity contribution in [1.82, 2.24) is 24.9 Å². The lowest BCUT2D eigenvalue weighted by Gasteiger charge is -2.29. The maximum atomic E-state index is 13.7. The molecule has 4 unspecified atom stereocenters. The lowest BCUT2D eigenvalue weighted by molar-refractivity contribution is -0.116. The summed E-state index contributed by atoms with van der Waals surface area (Å²) in [5, 5.41) is 18.1. The van der Waals surface area contributed by atoms with Gasteiger partial charge in [-0.3, -0.25) is 38.7 Å². The smallest absolute Gasteiger partial charge is 0.224 e. The Bertz CT molecular complexity index is 5810. The molecule has 17 rings (SSSR count). The van der Waals surface area contributed by atoms with E-state index in [1.165, 1.54) is 0 Å². The van der Waals surface area contributed by atoms with Gasteiger partial charge in [0.15, 0.2) is 46.0 Å². The van der Waals surface area contributed by atoms with Crippen LogP contribution in [0, 0.1) is 0 Å². The molecule has 1 aliphatic carbocycles. The van der Waals surface area contributed by atoms with Crippen molar-refractivity contribution in [2.75, 3.05) is 31.9 Å². The highest BCUT2D eigenvalue weighted by Crippen LogP contribution is 2.61. The average Bonchev–Trinajstić information content (AvgIpc) is 1.64. The molecule has 0 saturated carbocycles. The zero-order valence-electron chi connectivity index (χ0n) is 67.4. The lowest BCUT2D eigenvalue weighted by atomic mass is 9.77. The number of anilines is 6. The van der Waals surface area contributed by atoms with Crippen LogP contribution in [-0.2, 0) is 28.8 Å². The Morgan fingerprint density at radius 1 is 0.286 bits per heavy atom. The standard InChI is InChI=1S/C94H87N11O14/c1-11-48-52-31-54-49(12-2)56-33-58-51(14-4)59-34-57-50(13-3)55-32-53(48)73-44-75(55)115-83-38-67(101-91(109)18-8)69(103-93(111)20-10)40-85(83)117-77(57)46-79(59)119-87-42-71-70(104-94(105-71)47-29-62(60-25-21-23-27-95-60)97-63(30-47)61-26-22-24-28-96-61)41-86(87)118-78(58)45-76(56)116-84-39-68(102-92(110)19-9)66(100-90(108)17-7)37-82(84)114-74(54)43-72(52)112-80-35-64(98-88(106)15-5)65(36-81(80)113-73)99-89(107)16-6/h21-46,48-51H,11-20H2,1-10H3,(H,98,106)(H,99,107)(H,100,108)(H,101,109)(H,102,110)(H,103,111)(H,104,105). The summed E-state index contributed by atoms with van der Waals surface area (Å²) in [6, 6.07) is 44.8. The van der Waals surface area contributed by atoms with Gasteiger partial charge in [-0.1, -0.05) is 81.4 Å². The van der Waals surface area contributed by atoms with Gasteiger partial charge in [0.2, 0.25) is 35.4 Å². The minimum Gasteiger partial charge on any atom is -0.453 e. The summed E-state index contributed by atoms with van der Waals surface area (Å²) in [6.45, 7) is 18.8. The number of hydrogen-bond donors (Lipinski definition) is 7. The molecule has 25 nitrogen and oxygen atoms in total. The number of carbonyl (C=O) groups is 6. The van der Waals surface area contributed by atoms with Gasteiger partial charge in [0, 0.05) is 197 Å². The van der Waals surface area contributed by atoms with Crippen molar-refractivity contribution in [2.24, 2.45) is 0 Å². The summed E-state index contributed by atoms with van der Waals surface area (Å²) in [7, 11) is 0. The lowest BCUT2D eigenvalue weighted by Crippen LogP contribution is -2.15. The van der Waals surface area contributed by atoms with E-state index in [1.807, 2.05) is 84.9 Å². The summed E-state index contributed by atoms with van der Waals surface area (Å²) in [4.78, 5) is 106. The number of amides is 6. The van der Waals surface area contributed by atoms with E-state index in [2.05, 4.69) is 98.8 Å². The van der Waals surface area contributed by atoms with Gasteiger partial charge in [-0.15, -0.1) is 0 Å². The van der Waals surface area contributed by atoms with E-state index < -0.39 is 23.7 Å². The fraction of sp³-hybridized carbons (Fsp3) is 0.255. The molecular formula is C94H87N11O14. The molecule has 4 aromatic heterocycles. The van der Waals surface area contributed by atoms with Crippen LogP contribution in [0.5, 0.6) is 92.0 Å². The van der Waals surface area contributed by atoms with Crippen molar-refractivity contribution in [2.45, 2.75) is 157 Å². The van der Waals surface area contributed by atoms with Crippen molar-refractivity contribution in [3.63, 3.8) is 0 Å². The van der Waals surface area contributed by atoms with E-state index in [0.717, 1.165) is 22.3 Å². The van der Waals surface area contributed by atoms with E-state index in [9.17, 15) is 28.8 Å². The number of imidazole rings is 1. The number of nitrogens with zero attached hydrogens (tertiary/aromatic N) is 4. The molecule has 0 fully saturated rings. The third kappa shape index (κ3) is 14.8. The second-order valence-corrected chi connectivity index (χ2v) is 29.8. The molecule has 8 heterocycles. The van der Waals surface area contributed by atoms with E-state index in [0.29, 0.717) is 139 Å². The zero-order chi connectivity index (χ0) is 82.6. The number of H-pyrrole nitrogens is 1. The van der Waals surface area contributed by atoms with Gasteiger partial charge in [0.05, 0.1) is 67.9 Å². The quantitative estimate of drug-likeness (QED) is 0.0395. The number of aromatic amines is 1. The molecule has 0 spiro atoms. The second-order valence-electron chi connectivity index (χ2n) is 29.8. The predicted octanol–water partition coefficient (Wildman–Crippen LogP) is 22.9. The van der Waals surface area contributed by atoms with Crippen LogP contribution in [0.1, 0.15) is 202 Å². The average molecular weight is 1590 g/mol. The van der Waals surface area contributed by atoms with Gasteiger partial charge in [0.25, 0.3) is 0 Å². The molecular weight excluding hydrogens is 1510 g/mol. The molecule has 602 valence electrons. The highest BCUT2D eigenvalue weighted by Gasteiger charge is 2.39. The maximum absolute atomic E-state index is 13.7. The number of hydrogen-bond acceptors (Lipinski definition) is 18. The van der Waals surface area contributed by atoms with Crippen LogP contribution in [0.25, 0.3) is 45.2 Å². The molecule has 25 heteroatoms. The van der Waals surface area contributed by atoms with E-state index in [4.69, 9.17) is 47.9 Å². The Labute approximate surface area is 686 Å². The molecule has 0 radical (unpaired) electrons. The molecule has 6 amide bonds. The van der Waals surface area contributed by atoms with Crippen LogP contribution in [0.2, 0.25) is 0 Å². The van der Waals surface area contributed by atoms with Gasteiger partial charge >= 0.3 is 0 Å². The van der Waals surface area contributed by atoms with Crippen molar-refractivity contribution < 1.29 is 66.7 Å². The van der Waals surface area contributed by atoms with Crippen LogP contribution in [0.15, 0.2) is 158 Å². The van der Waals surface area contributed by atoms with Gasteiger partial charge in [0.1, 0.15) is 51.8 Å². The minimum atomic E-state index is -0.581. The van der Waals surface area contributed by atoms with Crippen molar-refractivity contribution in [3.05, 3.63) is 202 Å². The first kappa shape index (κ1) is 77.5. The normalized spacial score (nSPS) is 15.2. The number of benzene rings is 8. The van der Waals surface area contributed by atoms with Crippen LogP contribution in [-0.4, -0.2) is 60.4 Å². The zero-order valence-corrected chi connectivity index (χ0v) is 67.4. The van der Waals surface area contributed by atoms with Crippen molar-refractivity contribution in [3.8, 4) is 126 Å². The van der Waals surface area contributed by atoms with Gasteiger partial charge in [-0.2, -0.15) is 0 Å². The Balaban J connectivity index is 0.992. The molecule has 8 bridgehead atoms. The number of ether oxygens (including phenoxy) is 8. The van der Waals surface area contributed by atoms with Crippen LogP contribution < -0.4 is 69.8 Å². The summed E-state index contributed by atoms with van der Waals surface area (Å²) in [6.07, 6.45) is 5.93. The van der Waals surface area contributed by atoms with Gasteiger partial charge in [-0.25, -0.2) is 9.97 Å². The maximum Gasteiger partial charge on any atom is 0.224 e. The Kier molecular flexibility index (Phi) is 20.9. The number of fused-ring (bicyclic) bond motifs is 5. The molecule has 12 aromatic rings. The first-order valence-corrected chi connectivity index (χ1v) is 40.7. The van der Waals surface area contributed by atoms with Gasteiger partial charge in [-0.05, 0) is 86.3 Å². The van der Waals surface area contributed by atoms with E-state index in [-0.39, 0.29) is 154 Å². The molecule has 5 aliphatic rings. The number of rotatable bonds is 19. The minimum absolute atomic E-state index is 0.106. The van der Waals surface area contributed by atoms with Crippen LogP contribution in [0.3, 0.4) is 0 Å². The SMILES string of the molecule is CCC(=O)Nc1cc2c(cc1NC(=O)CC)Oc1cc3c4cc1C(CC)c1cc5c(cc1O2)Oc1cc(NC(=O)CC)c(NC(=O)CC)cc1Oc1cc2c(cc1C5CC)C(CC)c1cc(c(cc1Oc1cc5[nH]c(-c6cc(-c7ccccn7)nc(-c7ccccn7)c6)nc5cc1O2)Oc1cc(NC(=O)CC)c(NC(=O)CC)cc1O3)C4CC. The summed E-state index contributed by atoms with van der Waals surface area (Å²) in [5.74, 6) is 0.531. The van der Waals surface area contributed by atoms with E-state index >= 15 is 0 Å². The van der Waals surface area contributed by atoms with Crippen LogP contribution in [0.4, 0.5) is 34.1 Å². The number of pyridine rings is 3. The number of nitrogens with one attached hydrogen (secondary N) is 7. The first-order chi connectivity index (χ1) is 57.8. The topological polar surface area (TPSA) is 316 Å². The largest absolute Gasteiger partial charge is 0.453 e. The second kappa shape index (κ2) is 32.2. The summed E-state index contributed by atoms with van der Waals surface area (Å²) < 4.78 is 59.9. The highest BCUT2D eigenvalue weighted by atomic mass is 16.5. The Hall–Kier alpha value is -14.1. The molecule has 7 N–H and O–H groups in total. The Morgan fingerprint density at radius 3 is 0.773 bits per heavy atom. The molecule has 0 saturated heterocycles. The molecule has 119 heavy (non-hydrogen) atoms. The fourth-order valence-corrected chi connectivity index (χ4v) is 16.1. The van der Waals surface area contributed by atoms with Crippen molar-refractivity contribution in [1.29, 1.82) is 0 Å².